The molecule has 0 amide bonds. The van der Waals surface area contributed by atoms with E-state index in [0.717, 1.165) is 11.2 Å². The van der Waals surface area contributed by atoms with E-state index in [1.165, 1.54) is 0 Å². The number of hydrogen-bond donors (Lipinski definition) is 1. The van der Waals surface area contributed by atoms with Gasteiger partial charge in [-0.3, -0.25) is 0 Å². The third-order valence-electron chi connectivity index (χ3n) is 2.32. The first-order valence-corrected chi connectivity index (χ1v) is 5.65. The van der Waals surface area contributed by atoms with Gasteiger partial charge in [-0.05, 0) is 13.0 Å². The lowest BCUT2D eigenvalue weighted by Gasteiger charge is -2.09. The van der Waals surface area contributed by atoms with Crippen molar-refractivity contribution in [3.8, 4) is 0 Å². The molecule has 0 spiro atoms. The summed E-state index contributed by atoms with van der Waals surface area (Å²) in [6.45, 7) is 0.809. The van der Waals surface area contributed by atoms with Crippen LogP contribution in [0.15, 0.2) is 18.5 Å². The topological polar surface area (TPSA) is 51.5 Å². The number of aromatic nitrogens is 3. The standard InChI is InChI=1S/C11H13F3N4O/c1-8-6-9-10(15-2-4-18(9)17-8)16-3-5-19-7-11(12,13)14/h2,4,6H,3,5,7H2,1H3,(H,15,16). The Morgan fingerprint density at radius 1 is 1.42 bits per heavy atom. The van der Waals surface area contributed by atoms with E-state index in [2.05, 4.69) is 20.1 Å². The van der Waals surface area contributed by atoms with Crippen molar-refractivity contribution in [2.45, 2.75) is 13.1 Å². The largest absolute Gasteiger partial charge is 0.411 e. The summed E-state index contributed by atoms with van der Waals surface area (Å²) in [5, 5.41) is 7.13. The SMILES string of the molecule is Cc1cc2c(NCCOCC(F)(F)F)nccn2n1. The monoisotopic (exact) mass is 274 g/mol. The average Bonchev–Trinajstić information content (AvgIpc) is 2.68. The van der Waals surface area contributed by atoms with E-state index in [1.54, 1.807) is 16.9 Å². The van der Waals surface area contributed by atoms with Gasteiger partial charge in [-0.1, -0.05) is 0 Å². The first-order valence-electron chi connectivity index (χ1n) is 5.65. The molecule has 0 radical (unpaired) electrons. The summed E-state index contributed by atoms with van der Waals surface area (Å²) in [6.07, 6.45) is -1.02. The van der Waals surface area contributed by atoms with Crippen molar-refractivity contribution in [1.29, 1.82) is 0 Å². The molecule has 1 N–H and O–H groups in total. The predicted octanol–water partition coefficient (Wildman–Crippen LogP) is 2.03. The molecule has 19 heavy (non-hydrogen) atoms. The Morgan fingerprint density at radius 3 is 2.95 bits per heavy atom. The van der Waals surface area contributed by atoms with Gasteiger partial charge in [-0.2, -0.15) is 18.3 Å². The molecular weight excluding hydrogens is 261 g/mol. The van der Waals surface area contributed by atoms with Crippen LogP contribution in [0.4, 0.5) is 19.0 Å². The van der Waals surface area contributed by atoms with E-state index in [0.29, 0.717) is 5.82 Å². The van der Waals surface area contributed by atoms with Crippen LogP contribution in [0.1, 0.15) is 5.69 Å². The Balaban J connectivity index is 1.88. The van der Waals surface area contributed by atoms with Gasteiger partial charge in [0.25, 0.3) is 0 Å². The second-order valence-corrected chi connectivity index (χ2v) is 3.99. The maximum absolute atomic E-state index is 11.8. The minimum absolute atomic E-state index is 0.0463. The van der Waals surface area contributed by atoms with Crippen molar-refractivity contribution in [1.82, 2.24) is 14.6 Å². The number of ether oxygens (including phenoxy) is 1. The minimum atomic E-state index is -4.29. The second kappa shape index (κ2) is 5.43. The van der Waals surface area contributed by atoms with Crippen LogP contribution in [0.2, 0.25) is 0 Å². The van der Waals surface area contributed by atoms with Gasteiger partial charge in [0, 0.05) is 18.9 Å². The first kappa shape index (κ1) is 13.6. The van der Waals surface area contributed by atoms with Crippen molar-refractivity contribution in [3.05, 3.63) is 24.2 Å². The highest BCUT2D eigenvalue weighted by Gasteiger charge is 2.27. The quantitative estimate of drug-likeness (QED) is 0.848. The number of hydrogen-bond acceptors (Lipinski definition) is 4. The van der Waals surface area contributed by atoms with Crippen LogP contribution < -0.4 is 5.32 Å². The molecule has 0 saturated carbocycles. The number of nitrogens with zero attached hydrogens (tertiary/aromatic N) is 3. The zero-order valence-electron chi connectivity index (χ0n) is 10.2. The smallest absolute Gasteiger partial charge is 0.370 e. The normalized spacial score (nSPS) is 12.0. The summed E-state index contributed by atoms with van der Waals surface area (Å²) in [4.78, 5) is 4.12. The fourth-order valence-corrected chi connectivity index (χ4v) is 1.61. The molecule has 0 aliphatic heterocycles. The Labute approximate surface area is 107 Å². The molecule has 2 aromatic heterocycles. The van der Waals surface area contributed by atoms with Gasteiger partial charge >= 0.3 is 6.18 Å². The van der Waals surface area contributed by atoms with Crippen molar-refractivity contribution in [2.24, 2.45) is 0 Å². The average molecular weight is 274 g/mol. The number of nitrogens with one attached hydrogen (secondary N) is 1. The molecule has 2 rings (SSSR count). The summed E-state index contributed by atoms with van der Waals surface area (Å²) < 4.78 is 41.7. The first-order chi connectivity index (χ1) is 8.96. The van der Waals surface area contributed by atoms with Crippen LogP contribution in [-0.2, 0) is 4.74 Å². The molecule has 2 aromatic rings. The van der Waals surface area contributed by atoms with E-state index in [9.17, 15) is 13.2 Å². The van der Waals surface area contributed by atoms with Crippen molar-refractivity contribution >= 4 is 11.3 Å². The number of rotatable bonds is 5. The van der Waals surface area contributed by atoms with Crippen LogP contribution in [0.5, 0.6) is 0 Å². The molecular formula is C11H13F3N4O. The van der Waals surface area contributed by atoms with Gasteiger partial charge in [0.1, 0.15) is 12.1 Å². The molecule has 0 aromatic carbocycles. The van der Waals surface area contributed by atoms with Gasteiger partial charge < -0.3 is 10.1 Å². The van der Waals surface area contributed by atoms with Crippen LogP contribution in [0.25, 0.3) is 5.52 Å². The van der Waals surface area contributed by atoms with Gasteiger partial charge in [-0.15, -0.1) is 0 Å². The lowest BCUT2D eigenvalue weighted by molar-refractivity contribution is -0.172. The van der Waals surface area contributed by atoms with Crippen LogP contribution >= 0.6 is 0 Å². The summed E-state index contributed by atoms with van der Waals surface area (Å²) >= 11 is 0. The molecule has 0 aliphatic carbocycles. The molecule has 8 heteroatoms. The molecule has 0 unspecified atom stereocenters. The van der Waals surface area contributed by atoms with Crippen molar-refractivity contribution < 1.29 is 17.9 Å². The zero-order chi connectivity index (χ0) is 13.9. The number of alkyl halides is 3. The molecule has 0 aliphatic rings. The summed E-state index contributed by atoms with van der Waals surface area (Å²) in [7, 11) is 0. The number of anilines is 1. The van der Waals surface area contributed by atoms with Gasteiger partial charge in [0.15, 0.2) is 5.82 Å². The second-order valence-electron chi connectivity index (χ2n) is 3.99. The van der Waals surface area contributed by atoms with E-state index >= 15 is 0 Å². The summed E-state index contributed by atoms with van der Waals surface area (Å²) in [5.41, 5.74) is 1.61. The zero-order valence-corrected chi connectivity index (χ0v) is 10.2. The predicted molar refractivity (Wildman–Crippen MR) is 63.1 cm³/mol. The lowest BCUT2D eigenvalue weighted by Crippen LogP contribution is -2.20. The lowest BCUT2D eigenvalue weighted by atomic mass is 10.4. The summed E-state index contributed by atoms with van der Waals surface area (Å²) in [6, 6.07) is 1.84. The van der Waals surface area contributed by atoms with Crippen LogP contribution in [0.3, 0.4) is 0 Å². The highest BCUT2D eigenvalue weighted by Crippen LogP contribution is 2.15. The Kier molecular flexibility index (Phi) is 3.89. The maximum atomic E-state index is 11.8. The third-order valence-corrected chi connectivity index (χ3v) is 2.32. The molecule has 0 fully saturated rings. The van der Waals surface area contributed by atoms with E-state index in [4.69, 9.17) is 0 Å². The molecule has 0 bridgehead atoms. The minimum Gasteiger partial charge on any atom is -0.370 e. The van der Waals surface area contributed by atoms with Crippen LogP contribution in [0, 0.1) is 6.92 Å². The summed E-state index contributed by atoms with van der Waals surface area (Å²) in [5.74, 6) is 0.568. The third kappa shape index (κ3) is 3.82. The van der Waals surface area contributed by atoms with Crippen LogP contribution in [-0.4, -0.2) is 40.5 Å². The maximum Gasteiger partial charge on any atom is 0.411 e. The molecule has 104 valence electrons. The Hall–Kier alpha value is -1.83. The molecule has 0 atom stereocenters. The van der Waals surface area contributed by atoms with Gasteiger partial charge in [0.05, 0.1) is 12.3 Å². The van der Waals surface area contributed by atoms with E-state index < -0.39 is 12.8 Å². The van der Waals surface area contributed by atoms with Crippen molar-refractivity contribution in [2.75, 3.05) is 25.1 Å². The highest BCUT2D eigenvalue weighted by molar-refractivity contribution is 5.67. The van der Waals surface area contributed by atoms with E-state index in [1.807, 2.05) is 13.0 Å². The number of aryl methyl sites for hydroxylation is 1. The molecule has 0 saturated heterocycles. The highest BCUT2D eigenvalue weighted by atomic mass is 19.4. The fourth-order valence-electron chi connectivity index (χ4n) is 1.61. The number of halogens is 3. The van der Waals surface area contributed by atoms with Gasteiger partial charge in [-0.25, -0.2) is 9.50 Å². The Bertz CT molecular complexity index is 552. The van der Waals surface area contributed by atoms with E-state index in [-0.39, 0.29) is 13.2 Å². The molecule has 2 heterocycles. The molecule has 5 nitrogen and oxygen atoms in total. The fraction of sp³-hybridized carbons (Fsp3) is 0.455. The Morgan fingerprint density at radius 2 is 2.21 bits per heavy atom. The van der Waals surface area contributed by atoms with Crippen molar-refractivity contribution in [3.63, 3.8) is 0 Å². The number of fused-ring (bicyclic) bond motifs is 1. The van der Waals surface area contributed by atoms with Gasteiger partial charge in [0.2, 0.25) is 0 Å².